The summed E-state index contributed by atoms with van der Waals surface area (Å²) in [4.78, 5) is 2.41. The van der Waals surface area contributed by atoms with Gasteiger partial charge in [0.05, 0.1) is 5.69 Å². The van der Waals surface area contributed by atoms with E-state index in [4.69, 9.17) is 0 Å². The van der Waals surface area contributed by atoms with Crippen LogP contribution < -0.4 is 4.90 Å². The second-order valence-electron chi connectivity index (χ2n) is 13.4. The number of hydrogen-bond acceptors (Lipinski definition) is 1. The fraction of sp³-hybridized carbons (Fsp3) is 0.106. The van der Waals surface area contributed by atoms with Crippen molar-refractivity contribution in [1.29, 1.82) is 0 Å². The molecular formula is C47H39N. The second-order valence-corrected chi connectivity index (χ2v) is 13.4. The lowest BCUT2D eigenvalue weighted by Gasteiger charge is -2.28. The number of rotatable bonds is 7. The molecular weight excluding hydrogens is 579 g/mol. The Kier molecular flexibility index (Phi) is 7.54. The van der Waals surface area contributed by atoms with E-state index in [1.165, 1.54) is 82.5 Å². The number of benzene rings is 8. The van der Waals surface area contributed by atoms with Crippen molar-refractivity contribution < 1.29 is 0 Å². The smallest absolute Gasteiger partial charge is 0.0540 e. The maximum absolute atomic E-state index is 2.42. The van der Waals surface area contributed by atoms with Gasteiger partial charge in [-0.05, 0) is 114 Å². The zero-order chi connectivity index (χ0) is 32.8. The number of aryl methyl sites for hydroxylation is 4. The van der Waals surface area contributed by atoms with E-state index in [9.17, 15) is 0 Å². The molecule has 0 saturated heterocycles. The molecule has 0 bridgehead atoms. The zero-order valence-electron chi connectivity index (χ0n) is 28.1. The van der Waals surface area contributed by atoms with Crippen molar-refractivity contribution in [2.24, 2.45) is 0 Å². The molecule has 0 saturated carbocycles. The van der Waals surface area contributed by atoms with Gasteiger partial charge in [0.25, 0.3) is 0 Å². The van der Waals surface area contributed by atoms with Gasteiger partial charge in [-0.15, -0.1) is 0 Å². The van der Waals surface area contributed by atoms with E-state index in [1.807, 2.05) is 0 Å². The molecule has 1 nitrogen and oxygen atoms in total. The van der Waals surface area contributed by atoms with Gasteiger partial charge in [0.15, 0.2) is 0 Å². The molecule has 0 aromatic heterocycles. The van der Waals surface area contributed by atoms with E-state index < -0.39 is 0 Å². The van der Waals surface area contributed by atoms with Gasteiger partial charge in [0.2, 0.25) is 0 Å². The molecule has 48 heavy (non-hydrogen) atoms. The Morgan fingerprint density at radius 2 is 0.917 bits per heavy atom. The van der Waals surface area contributed by atoms with Gasteiger partial charge in [0.1, 0.15) is 0 Å². The van der Waals surface area contributed by atoms with Crippen LogP contribution >= 0.6 is 0 Å². The van der Waals surface area contributed by atoms with Crippen molar-refractivity contribution in [3.05, 3.63) is 185 Å². The van der Waals surface area contributed by atoms with Crippen molar-refractivity contribution in [3.8, 4) is 0 Å². The lowest BCUT2D eigenvalue weighted by Crippen LogP contribution is -2.10. The summed E-state index contributed by atoms with van der Waals surface area (Å²) >= 11 is 0. The molecule has 0 unspecified atom stereocenters. The van der Waals surface area contributed by atoms with Crippen LogP contribution in [0.4, 0.5) is 17.1 Å². The molecule has 0 aliphatic heterocycles. The third-order valence-corrected chi connectivity index (χ3v) is 9.77. The molecule has 0 fully saturated rings. The molecule has 0 heterocycles. The summed E-state index contributed by atoms with van der Waals surface area (Å²) in [6.07, 6.45) is 3.29. The van der Waals surface area contributed by atoms with Crippen molar-refractivity contribution >= 4 is 61.0 Å². The molecule has 8 aromatic carbocycles. The average molecular weight is 618 g/mol. The Morgan fingerprint density at radius 1 is 0.458 bits per heavy atom. The van der Waals surface area contributed by atoms with Crippen LogP contribution in [0, 0.1) is 27.7 Å². The highest BCUT2D eigenvalue weighted by molar-refractivity contribution is 6.27. The van der Waals surface area contributed by atoms with Crippen LogP contribution in [0.3, 0.4) is 0 Å². The molecule has 0 aliphatic rings. The Hall–Kier alpha value is -5.66. The Balaban J connectivity index is 1.34. The molecule has 8 aromatic rings. The van der Waals surface area contributed by atoms with Crippen LogP contribution in [0.5, 0.6) is 0 Å². The highest BCUT2D eigenvalue weighted by Gasteiger charge is 2.19. The number of nitrogens with zero attached hydrogens (tertiary/aromatic N) is 1. The van der Waals surface area contributed by atoms with Gasteiger partial charge in [-0.3, -0.25) is 0 Å². The molecule has 232 valence electrons. The first-order valence-electron chi connectivity index (χ1n) is 16.9. The van der Waals surface area contributed by atoms with Crippen LogP contribution in [0.15, 0.2) is 146 Å². The summed E-state index contributed by atoms with van der Waals surface area (Å²) in [5.74, 6) is 0. The monoisotopic (exact) mass is 617 g/mol. The van der Waals surface area contributed by atoms with Crippen LogP contribution in [0.1, 0.15) is 38.9 Å². The van der Waals surface area contributed by atoms with Crippen LogP contribution in [-0.2, 0) is 6.42 Å². The van der Waals surface area contributed by atoms with Gasteiger partial charge < -0.3 is 4.90 Å². The van der Waals surface area contributed by atoms with Gasteiger partial charge >= 0.3 is 0 Å². The summed E-state index contributed by atoms with van der Waals surface area (Å²) < 4.78 is 0. The summed E-state index contributed by atoms with van der Waals surface area (Å²) in [5, 5.41) is 7.72. The standard InChI is InChI=1S/C47H39N/c1-31-5-13-35(14-6-31)29-40(36-15-7-32(2)8-16-36)30-39-18-17-37-20-27-44-45(28-21-38-19-26-43(39)46(37)47(38)44)48(41-22-9-33(3)10-23-41)42-24-11-34(4)12-25-42/h5-28,30H,29H2,1-4H3/b40-30-. The van der Waals surface area contributed by atoms with Crippen LogP contribution in [0.2, 0.25) is 0 Å². The quantitative estimate of drug-likeness (QED) is 0.127. The van der Waals surface area contributed by atoms with Crippen molar-refractivity contribution in [2.45, 2.75) is 34.1 Å². The highest BCUT2D eigenvalue weighted by atomic mass is 15.1. The first-order valence-corrected chi connectivity index (χ1v) is 16.9. The highest BCUT2D eigenvalue weighted by Crippen LogP contribution is 2.44. The fourth-order valence-corrected chi connectivity index (χ4v) is 7.06. The van der Waals surface area contributed by atoms with Gasteiger partial charge in [-0.25, -0.2) is 0 Å². The topological polar surface area (TPSA) is 3.24 Å². The number of allylic oxidation sites excluding steroid dienone is 1. The zero-order valence-corrected chi connectivity index (χ0v) is 28.1. The Morgan fingerprint density at radius 3 is 1.50 bits per heavy atom. The van der Waals surface area contributed by atoms with Gasteiger partial charge in [-0.2, -0.15) is 0 Å². The Bertz CT molecular complexity index is 2370. The molecule has 0 atom stereocenters. The minimum Gasteiger partial charge on any atom is -0.310 e. The summed E-state index contributed by atoms with van der Waals surface area (Å²) in [7, 11) is 0. The predicted molar refractivity (Wildman–Crippen MR) is 208 cm³/mol. The van der Waals surface area contributed by atoms with Gasteiger partial charge in [0, 0.05) is 16.8 Å². The van der Waals surface area contributed by atoms with E-state index in [1.54, 1.807) is 0 Å². The van der Waals surface area contributed by atoms with Crippen molar-refractivity contribution in [1.82, 2.24) is 0 Å². The van der Waals surface area contributed by atoms with E-state index in [0.717, 1.165) is 17.8 Å². The van der Waals surface area contributed by atoms with Crippen LogP contribution in [0.25, 0.3) is 44.0 Å². The average Bonchev–Trinajstić information content (AvgIpc) is 3.11. The third-order valence-electron chi connectivity index (χ3n) is 9.77. The first kappa shape index (κ1) is 29.7. The van der Waals surface area contributed by atoms with Crippen LogP contribution in [-0.4, -0.2) is 0 Å². The fourth-order valence-electron chi connectivity index (χ4n) is 7.06. The molecule has 8 rings (SSSR count). The predicted octanol–water partition coefficient (Wildman–Crippen LogP) is 13.1. The molecule has 0 aliphatic carbocycles. The minimum absolute atomic E-state index is 0.873. The van der Waals surface area contributed by atoms with Crippen molar-refractivity contribution in [2.75, 3.05) is 4.90 Å². The van der Waals surface area contributed by atoms with E-state index in [-0.39, 0.29) is 0 Å². The molecule has 0 radical (unpaired) electrons. The van der Waals surface area contributed by atoms with Gasteiger partial charge in [-0.1, -0.05) is 144 Å². The molecule has 0 amide bonds. The van der Waals surface area contributed by atoms with E-state index in [2.05, 4.69) is 184 Å². The largest absolute Gasteiger partial charge is 0.310 e. The summed E-state index contributed by atoms with van der Waals surface area (Å²) in [6, 6.07) is 54.1. The van der Waals surface area contributed by atoms with E-state index in [0.29, 0.717) is 0 Å². The lowest BCUT2D eigenvalue weighted by molar-refractivity contribution is 1.27. The summed E-state index contributed by atoms with van der Waals surface area (Å²) in [5.41, 5.74) is 13.7. The van der Waals surface area contributed by atoms with E-state index >= 15 is 0 Å². The number of anilines is 3. The number of hydrogen-bond donors (Lipinski definition) is 0. The second kappa shape index (κ2) is 12.2. The molecule has 0 N–H and O–H groups in total. The van der Waals surface area contributed by atoms with Crippen molar-refractivity contribution in [3.63, 3.8) is 0 Å². The molecule has 0 spiro atoms. The summed E-state index contributed by atoms with van der Waals surface area (Å²) in [6.45, 7) is 8.60. The molecule has 1 heteroatoms. The lowest BCUT2D eigenvalue weighted by atomic mass is 9.89. The SMILES string of the molecule is Cc1ccc(C/C(=C/c2ccc3ccc4c(N(c5ccc(C)cc5)c5ccc(C)cc5)ccc5ccc2c3c54)c2ccc(C)cc2)cc1. The minimum atomic E-state index is 0.873. The Labute approximate surface area is 283 Å². The first-order chi connectivity index (χ1) is 23.4. The normalized spacial score (nSPS) is 12.0. The maximum Gasteiger partial charge on any atom is 0.0540 e. The third kappa shape index (κ3) is 5.52. The maximum atomic E-state index is 2.42.